The van der Waals surface area contributed by atoms with E-state index in [0.717, 1.165) is 5.56 Å². The fraction of sp³-hybridized carbons (Fsp3) is 0.516. The van der Waals surface area contributed by atoms with Crippen LogP contribution in [-0.4, -0.2) is 48.3 Å². The van der Waals surface area contributed by atoms with E-state index in [0.29, 0.717) is 35.1 Å². The third-order valence-corrected chi connectivity index (χ3v) is 10.1. The summed E-state index contributed by atoms with van der Waals surface area (Å²) in [5, 5.41) is 19.0. The Bertz CT molecular complexity index is 1400. The number of rotatable bonds is 9. The zero-order valence-electron chi connectivity index (χ0n) is 24.3. The van der Waals surface area contributed by atoms with Gasteiger partial charge in [-0.05, 0) is 65.0 Å². The molecule has 1 heterocycles. The number of nitrogens with two attached hydrogens (primary N) is 1. The van der Waals surface area contributed by atoms with Crippen LogP contribution in [0.4, 0.5) is 0 Å². The predicted octanol–water partition coefficient (Wildman–Crippen LogP) is 4.92. The Morgan fingerprint density at radius 3 is 2.17 bits per heavy atom. The van der Waals surface area contributed by atoms with Crippen molar-refractivity contribution in [2.24, 2.45) is 11.7 Å². The van der Waals surface area contributed by atoms with Gasteiger partial charge in [-0.3, -0.25) is 9.59 Å². The number of nitriles is 1. The van der Waals surface area contributed by atoms with Crippen molar-refractivity contribution < 1.29 is 23.1 Å². The monoisotopic (exact) mass is 567 g/mol. The van der Waals surface area contributed by atoms with Gasteiger partial charge >= 0.3 is 5.97 Å². The second kappa shape index (κ2) is 12.1. The number of nitrogens with zero attached hydrogens (tertiary/aromatic N) is 2. The molecule has 1 aliphatic rings. The van der Waals surface area contributed by atoms with E-state index in [1.165, 1.54) is 11.0 Å². The summed E-state index contributed by atoms with van der Waals surface area (Å²) in [4.78, 5) is 25.0. The number of aliphatic carboxylic acids is 1. The molecular formula is C31H41N3O5S. The Kier molecular flexibility index (Phi) is 9.48. The zero-order chi connectivity index (χ0) is 30.0. The van der Waals surface area contributed by atoms with Crippen molar-refractivity contribution in [1.29, 1.82) is 5.26 Å². The Morgan fingerprint density at radius 1 is 1.07 bits per heavy atom. The highest BCUT2D eigenvalue weighted by atomic mass is 32.2. The minimum Gasteiger partial charge on any atom is -0.481 e. The Balaban J connectivity index is 2.31. The van der Waals surface area contributed by atoms with Crippen molar-refractivity contribution in [2.75, 3.05) is 13.1 Å². The van der Waals surface area contributed by atoms with Crippen LogP contribution < -0.4 is 5.73 Å². The van der Waals surface area contributed by atoms with Crippen molar-refractivity contribution in [2.45, 2.75) is 88.3 Å². The van der Waals surface area contributed by atoms with Crippen molar-refractivity contribution >= 4 is 21.7 Å². The van der Waals surface area contributed by atoms with Crippen molar-refractivity contribution in [3.63, 3.8) is 0 Å². The van der Waals surface area contributed by atoms with E-state index < -0.39 is 32.5 Å². The van der Waals surface area contributed by atoms with Gasteiger partial charge in [0.2, 0.25) is 14.7 Å². The lowest BCUT2D eigenvalue weighted by molar-refractivity contribution is -0.146. The van der Waals surface area contributed by atoms with E-state index in [1.807, 2.05) is 59.7 Å². The summed E-state index contributed by atoms with van der Waals surface area (Å²) in [5.41, 5.74) is 9.81. The van der Waals surface area contributed by atoms with E-state index in [2.05, 4.69) is 0 Å². The molecule has 0 radical (unpaired) electrons. The number of sulfone groups is 1. The number of carboxylic acid groups (broad SMARTS) is 1. The van der Waals surface area contributed by atoms with Crippen LogP contribution in [0.1, 0.15) is 100.0 Å². The van der Waals surface area contributed by atoms with Crippen LogP contribution >= 0.6 is 0 Å². The fourth-order valence-corrected chi connectivity index (χ4v) is 7.64. The highest BCUT2D eigenvalue weighted by molar-refractivity contribution is 7.93. The van der Waals surface area contributed by atoms with E-state index in [9.17, 15) is 28.4 Å². The number of benzene rings is 2. The highest BCUT2D eigenvalue weighted by Crippen LogP contribution is 2.40. The lowest BCUT2D eigenvalue weighted by Crippen LogP contribution is -2.63. The van der Waals surface area contributed by atoms with Crippen LogP contribution in [0.15, 0.2) is 41.3 Å². The number of likely N-dealkylation sites (tertiary alicyclic amines) is 1. The second-order valence-electron chi connectivity index (χ2n) is 11.8. The van der Waals surface area contributed by atoms with Gasteiger partial charge in [0.05, 0.1) is 22.4 Å². The molecule has 0 aliphatic carbocycles. The molecule has 2 atom stereocenters. The number of carboxylic acids is 1. The van der Waals surface area contributed by atoms with Crippen LogP contribution in [-0.2, 0) is 25.8 Å². The summed E-state index contributed by atoms with van der Waals surface area (Å²) in [6.07, 6.45) is 0.471. The molecule has 1 saturated heterocycles. The summed E-state index contributed by atoms with van der Waals surface area (Å²) in [6, 6.07) is 12.3. The first-order valence-corrected chi connectivity index (χ1v) is 15.3. The zero-order valence-corrected chi connectivity index (χ0v) is 25.1. The normalized spacial score (nSPS) is 17.6. The molecule has 1 aliphatic heterocycles. The first kappa shape index (κ1) is 31.3. The third-order valence-electron chi connectivity index (χ3n) is 7.77. The van der Waals surface area contributed by atoms with E-state index in [1.54, 1.807) is 18.2 Å². The molecule has 0 aromatic heterocycles. The molecule has 3 N–H and O–H groups in total. The average molecular weight is 568 g/mol. The smallest absolute Gasteiger partial charge is 0.308 e. The van der Waals surface area contributed by atoms with Gasteiger partial charge in [-0.15, -0.1) is 0 Å². The Hall–Kier alpha value is -3.22. The lowest BCUT2D eigenvalue weighted by Gasteiger charge is -2.38. The molecule has 8 nitrogen and oxygen atoms in total. The van der Waals surface area contributed by atoms with E-state index in [4.69, 9.17) is 5.73 Å². The summed E-state index contributed by atoms with van der Waals surface area (Å²) in [6.45, 7) is 11.9. The number of hydrogen-bond acceptors (Lipinski definition) is 6. The lowest BCUT2D eigenvalue weighted by atomic mass is 9.89. The molecule has 1 unspecified atom stereocenters. The van der Waals surface area contributed by atoms with Crippen molar-refractivity contribution in [3.8, 4) is 6.07 Å². The van der Waals surface area contributed by atoms with Crippen LogP contribution in [0.25, 0.3) is 0 Å². The van der Waals surface area contributed by atoms with Gasteiger partial charge < -0.3 is 15.7 Å². The Morgan fingerprint density at radius 2 is 1.68 bits per heavy atom. The molecule has 0 saturated carbocycles. The molecule has 40 heavy (non-hydrogen) atoms. The largest absolute Gasteiger partial charge is 0.481 e. The molecule has 2 aromatic carbocycles. The highest BCUT2D eigenvalue weighted by Gasteiger charge is 2.52. The molecular weight excluding hydrogens is 526 g/mol. The molecule has 2 aromatic rings. The minimum atomic E-state index is -4.54. The van der Waals surface area contributed by atoms with Gasteiger partial charge in [0.25, 0.3) is 5.91 Å². The molecule has 1 amide bonds. The molecule has 1 fully saturated rings. The topological polar surface area (TPSA) is 142 Å². The maximum atomic E-state index is 14.9. The number of piperidine rings is 1. The van der Waals surface area contributed by atoms with Crippen LogP contribution in [0.3, 0.4) is 0 Å². The maximum absolute atomic E-state index is 14.9. The van der Waals surface area contributed by atoms with E-state index >= 15 is 0 Å². The maximum Gasteiger partial charge on any atom is 0.308 e. The van der Waals surface area contributed by atoms with Gasteiger partial charge in [0, 0.05) is 19.5 Å². The molecule has 3 rings (SSSR count). The number of hydrogen-bond donors (Lipinski definition) is 2. The molecule has 0 spiro atoms. The quantitative estimate of drug-likeness (QED) is 0.438. The summed E-state index contributed by atoms with van der Waals surface area (Å²) >= 11 is 0. The number of amides is 1. The van der Waals surface area contributed by atoms with Crippen LogP contribution in [0.5, 0.6) is 0 Å². The summed E-state index contributed by atoms with van der Waals surface area (Å²) < 4.78 is 29.8. The van der Waals surface area contributed by atoms with Gasteiger partial charge in [-0.2, -0.15) is 5.26 Å². The van der Waals surface area contributed by atoms with Gasteiger partial charge in [-0.25, -0.2) is 8.42 Å². The van der Waals surface area contributed by atoms with Crippen LogP contribution in [0, 0.1) is 17.2 Å². The van der Waals surface area contributed by atoms with Gasteiger partial charge in [-0.1, -0.05) is 65.8 Å². The molecule has 9 heteroatoms. The van der Waals surface area contributed by atoms with Crippen molar-refractivity contribution in [1.82, 2.24) is 4.90 Å². The third kappa shape index (κ3) is 6.08. The summed E-state index contributed by atoms with van der Waals surface area (Å²) in [5.74, 6) is -2.83. The van der Waals surface area contributed by atoms with Gasteiger partial charge in [0.1, 0.15) is 0 Å². The standard InChI is InChI=1S/C31H41N3O5S/c1-19(2)25-14-26(20(3)4)28(27(15-25)21(5)6)40(38,39)31(33,16-22-9-7-10-23(13-22)17-32)30(37)34-12-8-11-24(18-34)29(35)36/h7,9-10,13-15,19-21,24H,8,11-12,16,18,33H2,1-6H3,(H,35,36)/t24?,31-/m1/s1. The van der Waals surface area contributed by atoms with Crippen molar-refractivity contribution in [3.05, 3.63) is 64.2 Å². The van der Waals surface area contributed by atoms with E-state index in [-0.39, 0.29) is 42.2 Å². The fourth-order valence-electron chi connectivity index (χ4n) is 5.35. The minimum absolute atomic E-state index is 0.0704. The first-order valence-electron chi connectivity index (χ1n) is 13.9. The predicted molar refractivity (Wildman–Crippen MR) is 155 cm³/mol. The Labute approximate surface area is 238 Å². The van der Waals surface area contributed by atoms with Crippen LogP contribution in [0.2, 0.25) is 0 Å². The number of carbonyl (C=O) groups excluding carboxylic acids is 1. The SMILES string of the molecule is CC(C)c1cc(C(C)C)c(S(=O)(=O)[C@](N)(Cc2cccc(C#N)c2)C(=O)N2CCCC(C(=O)O)C2)c(C(C)C)c1. The molecule has 216 valence electrons. The summed E-state index contributed by atoms with van der Waals surface area (Å²) in [7, 11) is -4.54. The van der Waals surface area contributed by atoms with Gasteiger partial charge in [0.15, 0.2) is 0 Å². The average Bonchev–Trinajstić information content (AvgIpc) is 2.91. The second-order valence-corrected chi connectivity index (χ2v) is 13.9. The first-order chi connectivity index (χ1) is 18.6. The molecule has 0 bridgehead atoms. The number of carbonyl (C=O) groups is 2.